The van der Waals surface area contributed by atoms with E-state index in [1.54, 1.807) is 35.4 Å². The predicted molar refractivity (Wildman–Crippen MR) is 175 cm³/mol. The fraction of sp³-hybridized carbons (Fsp3) is 0.323. The first-order valence-corrected chi connectivity index (χ1v) is 14.9. The zero-order valence-electron chi connectivity index (χ0n) is 24.8. The van der Waals surface area contributed by atoms with Gasteiger partial charge in [0, 0.05) is 74.3 Å². The van der Waals surface area contributed by atoms with Crippen LogP contribution in [0.5, 0.6) is 0 Å². The lowest BCUT2D eigenvalue weighted by molar-refractivity contribution is 0.0984. The number of nitrogens with two attached hydrogens (primary N) is 1. The molecule has 1 fully saturated rings. The van der Waals surface area contributed by atoms with E-state index in [-0.39, 0.29) is 22.2 Å². The number of piperazine rings is 1. The van der Waals surface area contributed by atoms with E-state index in [1.165, 1.54) is 18.2 Å². The number of fused-ring (bicyclic) bond motifs is 1. The van der Waals surface area contributed by atoms with E-state index < -0.39 is 11.5 Å². The van der Waals surface area contributed by atoms with E-state index in [4.69, 9.17) is 17.3 Å². The lowest BCUT2D eigenvalue weighted by atomic mass is 10.1. The van der Waals surface area contributed by atoms with Crippen LogP contribution in [0.15, 0.2) is 59.5 Å². The van der Waals surface area contributed by atoms with E-state index in [1.807, 2.05) is 13.0 Å². The number of nitrogen functional groups attached to an aromatic ring is 1. The van der Waals surface area contributed by atoms with Crippen LogP contribution in [0.3, 0.4) is 0 Å². The van der Waals surface area contributed by atoms with Gasteiger partial charge in [0.05, 0.1) is 10.7 Å². The monoisotopic (exact) mass is 617 g/mol. The number of carbonyl (C=O) groups is 2. The fourth-order valence-electron chi connectivity index (χ4n) is 5.01. The Hall–Kier alpha value is -4.52. The molecule has 13 heteroatoms. The summed E-state index contributed by atoms with van der Waals surface area (Å²) in [5.41, 5.74) is 7.21. The zero-order valence-corrected chi connectivity index (χ0v) is 25.5. The summed E-state index contributed by atoms with van der Waals surface area (Å²) >= 11 is 6.39. The largest absolute Gasteiger partial charge is 0.399 e. The Morgan fingerprint density at radius 1 is 1.11 bits per heavy atom. The van der Waals surface area contributed by atoms with Gasteiger partial charge in [-0.3, -0.25) is 19.3 Å². The molecule has 2 amide bonds. The van der Waals surface area contributed by atoms with Gasteiger partial charge in [-0.2, -0.15) is 4.98 Å². The van der Waals surface area contributed by atoms with Gasteiger partial charge in [0.25, 0.3) is 17.4 Å². The number of hydrogen-bond acceptors (Lipinski definition) is 9. The number of nitrogens with one attached hydrogen (secondary N) is 3. The maximum atomic E-state index is 13.5. The summed E-state index contributed by atoms with van der Waals surface area (Å²) < 4.78 is 0. The number of anilines is 4. The standard InChI is InChI=1S/C31H36ClN9O3/c1-3-10-41(23-6-4-5-22(33)18-23)30(44)20-7-8-25(32)26(17-20)36-28(42)24-16-21-19-35-31(38-27(21)37-29(24)43)34-9-11-40-14-12-39(2)13-15-40/h4-8,16-19H,3,9-15,33H2,1-2H3,(H,36,42)(H2,34,35,37,38,43). The Labute approximate surface area is 260 Å². The van der Waals surface area contributed by atoms with E-state index >= 15 is 0 Å². The summed E-state index contributed by atoms with van der Waals surface area (Å²) in [5.74, 6) is -0.573. The van der Waals surface area contributed by atoms with Crippen LogP contribution in [-0.4, -0.2) is 89.4 Å². The summed E-state index contributed by atoms with van der Waals surface area (Å²) in [6, 6.07) is 13.1. The summed E-state index contributed by atoms with van der Waals surface area (Å²) in [4.78, 5) is 57.4. The third kappa shape index (κ3) is 7.33. The second-order valence-corrected chi connectivity index (χ2v) is 11.2. The SMILES string of the molecule is CCCN(C(=O)c1ccc(Cl)c(NC(=O)c2cc3cnc(NCCN4CCN(C)CC4)nc3[nH]c2=O)c1)c1cccc(N)c1. The van der Waals surface area contributed by atoms with Crippen LogP contribution in [0.1, 0.15) is 34.1 Å². The highest BCUT2D eigenvalue weighted by molar-refractivity contribution is 6.34. The van der Waals surface area contributed by atoms with Crippen LogP contribution < -0.4 is 26.8 Å². The number of carbonyl (C=O) groups excluding carboxylic acids is 2. The van der Waals surface area contributed by atoms with Crippen LogP contribution in [0.25, 0.3) is 11.0 Å². The number of H-pyrrole nitrogens is 1. The lowest BCUT2D eigenvalue weighted by Crippen LogP contribution is -2.45. The van der Waals surface area contributed by atoms with Crippen LogP contribution in [0.4, 0.5) is 23.0 Å². The van der Waals surface area contributed by atoms with Crippen molar-refractivity contribution in [3.8, 4) is 0 Å². The molecule has 3 heterocycles. The maximum Gasteiger partial charge on any atom is 0.262 e. The van der Waals surface area contributed by atoms with Crippen molar-refractivity contribution in [1.29, 1.82) is 0 Å². The van der Waals surface area contributed by atoms with E-state index in [9.17, 15) is 14.4 Å². The number of rotatable bonds is 10. The molecule has 2 aromatic heterocycles. The molecule has 230 valence electrons. The van der Waals surface area contributed by atoms with Crippen molar-refractivity contribution in [2.45, 2.75) is 13.3 Å². The number of nitrogens with zero attached hydrogens (tertiary/aromatic N) is 5. The normalized spacial score (nSPS) is 14.0. The van der Waals surface area contributed by atoms with Gasteiger partial charge < -0.3 is 31.2 Å². The Balaban J connectivity index is 1.29. The molecule has 0 radical (unpaired) electrons. The average Bonchev–Trinajstić information content (AvgIpc) is 3.01. The van der Waals surface area contributed by atoms with Crippen molar-refractivity contribution < 1.29 is 9.59 Å². The highest BCUT2D eigenvalue weighted by Gasteiger charge is 2.20. The van der Waals surface area contributed by atoms with Crippen molar-refractivity contribution in [3.63, 3.8) is 0 Å². The minimum atomic E-state index is -0.685. The first kappa shape index (κ1) is 30.9. The van der Waals surface area contributed by atoms with Gasteiger partial charge in [0.15, 0.2) is 0 Å². The molecule has 0 spiro atoms. The molecule has 0 saturated carbocycles. The number of aromatic nitrogens is 3. The number of likely N-dealkylation sites (N-methyl/N-ethyl adjacent to an activating group) is 1. The molecule has 0 atom stereocenters. The molecule has 12 nitrogen and oxygen atoms in total. The third-order valence-electron chi connectivity index (χ3n) is 7.48. The number of hydrogen-bond donors (Lipinski definition) is 4. The molecule has 1 saturated heterocycles. The fourth-order valence-corrected chi connectivity index (χ4v) is 5.17. The predicted octanol–water partition coefficient (Wildman–Crippen LogP) is 3.52. The van der Waals surface area contributed by atoms with E-state index in [2.05, 4.69) is 42.4 Å². The van der Waals surface area contributed by atoms with Gasteiger partial charge in [-0.05, 0) is 55.9 Å². The molecule has 0 aliphatic carbocycles. The van der Waals surface area contributed by atoms with Gasteiger partial charge in [0.1, 0.15) is 11.2 Å². The van der Waals surface area contributed by atoms with Gasteiger partial charge in [-0.1, -0.05) is 24.6 Å². The third-order valence-corrected chi connectivity index (χ3v) is 7.81. The van der Waals surface area contributed by atoms with Crippen molar-refractivity contribution in [1.82, 2.24) is 24.8 Å². The van der Waals surface area contributed by atoms with Crippen molar-refractivity contribution in [3.05, 3.63) is 81.2 Å². The number of aromatic amines is 1. The summed E-state index contributed by atoms with van der Waals surface area (Å²) in [5, 5.41) is 6.59. The van der Waals surface area contributed by atoms with Gasteiger partial charge in [0.2, 0.25) is 5.95 Å². The van der Waals surface area contributed by atoms with Gasteiger partial charge >= 0.3 is 0 Å². The Kier molecular flexibility index (Phi) is 9.73. The molecule has 2 aromatic carbocycles. The smallest absolute Gasteiger partial charge is 0.262 e. The zero-order chi connectivity index (χ0) is 31.2. The lowest BCUT2D eigenvalue weighted by Gasteiger charge is -2.32. The van der Waals surface area contributed by atoms with Crippen LogP contribution in [0.2, 0.25) is 5.02 Å². The number of halogens is 1. The van der Waals surface area contributed by atoms with E-state index in [0.717, 1.165) is 39.1 Å². The Morgan fingerprint density at radius 3 is 2.66 bits per heavy atom. The second-order valence-electron chi connectivity index (χ2n) is 10.8. The van der Waals surface area contributed by atoms with Crippen LogP contribution in [0, 0.1) is 0 Å². The van der Waals surface area contributed by atoms with Gasteiger partial charge in [-0.25, -0.2) is 4.98 Å². The molecule has 4 aromatic rings. The number of amides is 2. The molecule has 5 rings (SSSR count). The van der Waals surface area contributed by atoms with Gasteiger partial charge in [-0.15, -0.1) is 0 Å². The second kappa shape index (κ2) is 13.8. The quantitative estimate of drug-likeness (QED) is 0.196. The van der Waals surface area contributed by atoms with E-state index in [0.29, 0.717) is 47.0 Å². The minimum Gasteiger partial charge on any atom is -0.399 e. The molecule has 0 bridgehead atoms. The molecule has 0 unspecified atom stereocenters. The molecule has 1 aliphatic heterocycles. The maximum absolute atomic E-state index is 13.5. The summed E-state index contributed by atoms with van der Waals surface area (Å²) in [6.07, 6.45) is 2.28. The van der Waals surface area contributed by atoms with Crippen LogP contribution >= 0.6 is 11.6 Å². The summed E-state index contributed by atoms with van der Waals surface area (Å²) in [6.45, 7) is 8.08. The highest BCUT2D eigenvalue weighted by atomic mass is 35.5. The number of benzene rings is 2. The molecule has 1 aliphatic rings. The topological polar surface area (TPSA) is 153 Å². The first-order chi connectivity index (χ1) is 21.2. The van der Waals surface area contributed by atoms with Crippen molar-refractivity contribution in [2.24, 2.45) is 0 Å². The highest BCUT2D eigenvalue weighted by Crippen LogP contribution is 2.27. The molecular formula is C31H36ClN9O3. The molecule has 44 heavy (non-hydrogen) atoms. The first-order valence-electron chi connectivity index (χ1n) is 14.5. The minimum absolute atomic E-state index is 0.142. The van der Waals surface area contributed by atoms with Crippen LogP contribution in [-0.2, 0) is 0 Å². The van der Waals surface area contributed by atoms with Crippen molar-refractivity contribution in [2.75, 3.05) is 74.1 Å². The Morgan fingerprint density at radius 2 is 1.91 bits per heavy atom. The van der Waals surface area contributed by atoms with Crippen molar-refractivity contribution >= 4 is 57.5 Å². The summed E-state index contributed by atoms with van der Waals surface area (Å²) in [7, 11) is 2.12. The molecule has 5 N–H and O–H groups in total. The number of pyridine rings is 1. The Bertz CT molecular complexity index is 1720. The molecular weight excluding hydrogens is 582 g/mol. The average molecular weight is 618 g/mol.